The maximum atomic E-state index is 4.12. The monoisotopic (exact) mass is 247 g/mol. The van der Waals surface area contributed by atoms with Crippen LogP contribution in [-0.4, -0.2) is 35.6 Å². The summed E-state index contributed by atoms with van der Waals surface area (Å²) in [6.45, 7) is 13.3. The largest absolute Gasteiger partial charge is 0.308 e. The molecule has 1 aromatic heterocycles. The molecule has 0 amide bonds. The van der Waals surface area contributed by atoms with E-state index in [2.05, 4.69) is 55.7 Å². The third-order valence-electron chi connectivity index (χ3n) is 2.54. The average Bonchev–Trinajstić information content (AvgIpc) is 2.26. The Labute approximate surface area is 111 Å². The first-order chi connectivity index (χ1) is 8.37. The van der Waals surface area contributed by atoms with Crippen molar-refractivity contribution in [3.8, 4) is 0 Å². The number of rotatable bonds is 6. The minimum Gasteiger partial charge on any atom is -0.308 e. The van der Waals surface area contributed by atoms with Crippen molar-refractivity contribution in [2.45, 2.75) is 32.9 Å². The van der Waals surface area contributed by atoms with E-state index in [4.69, 9.17) is 0 Å². The van der Waals surface area contributed by atoms with Crippen molar-refractivity contribution in [1.82, 2.24) is 15.2 Å². The van der Waals surface area contributed by atoms with Crippen molar-refractivity contribution in [1.29, 1.82) is 0 Å². The molecular formula is C15H25N3. The highest BCUT2D eigenvalue weighted by atomic mass is 15.1. The smallest absolute Gasteiger partial charge is 0.0312 e. The van der Waals surface area contributed by atoms with Gasteiger partial charge in [0, 0.05) is 37.6 Å². The second kappa shape index (κ2) is 6.66. The molecule has 3 heteroatoms. The highest BCUT2D eigenvalue weighted by molar-refractivity contribution is 5.09. The summed E-state index contributed by atoms with van der Waals surface area (Å²) in [6, 6.07) is 4.07. The molecular weight excluding hydrogens is 222 g/mol. The van der Waals surface area contributed by atoms with Gasteiger partial charge in [0.15, 0.2) is 0 Å². The lowest BCUT2D eigenvalue weighted by Crippen LogP contribution is -2.38. The zero-order valence-corrected chi connectivity index (χ0v) is 12.0. The summed E-state index contributed by atoms with van der Waals surface area (Å²) < 4.78 is 0. The van der Waals surface area contributed by atoms with Crippen LogP contribution in [0.1, 0.15) is 26.3 Å². The van der Waals surface area contributed by atoms with Crippen LogP contribution in [0.4, 0.5) is 0 Å². The van der Waals surface area contributed by atoms with Crippen molar-refractivity contribution in [2.75, 3.05) is 20.1 Å². The fraction of sp³-hybridized carbons (Fsp3) is 0.533. The van der Waals surface area contributed by atoms with Crippen LogP contribution in [-0.2, 0) is 6.54 Å². The predicted octanol–water partition coefficient (Wildman–Crippen LogP) is 2.46. The molecule has 0 spiro atoms. The van der Waals surface area contributed by atoms with E-state index in [1.807, 2.05) is 12.3 Å². The number of nitrogens with one attached hydrogen (secondary N) is 1. The highest BCUT2D eigenvalue weighted by Gasteiger charge is 2.09. The predicted molar refractivity (Wildman–Crippen MR) is 77.5 cm³/mol. The summed E-state index contributed by atoms with van der Waals surface area (Å²) in [5.74, 6) is 0. The summed E-state index contributed by atoms with van der Waals surface area (Å²) in [5.41, 5.74) is 2.58. The Morgan fingerprint density at radius 3 is 2.72 bits per heavy atom. The molecule has 0 aliphatic carbocycles. The number of aromatic nitrogens is 1. The summed E-state index contributed by atoms with van der Waals surface area (Å²) in [7, 11) is 2.11. The normalized spacial score (nSPS) is 11.8. The molecule has 0 aliphatic rings. The molecule has 1 rings (SSSR count). The van der Waals surface area contributed by atoms with Gasteiger partial charge in [-0.05, 0) is 45.0 Å². The van der Waals surface area contributed by atoms with Gasteiger partial charge in [0.25, 0.3) is 0 Å². The van der Waals surface area contributed by atoms with E-state index in [9.17, 15) is 0 Å². The van der Waals surface area contributed by atoms with Gasteiger partial charge in [-0.2, -0.15) is 0 Å². The van der Waals surface area contributed by atoms with Gasteiger partial charge in [0.05, 0.1) is 0 Å². The Kier molecular flexibility index (Phi) is 5.51. The minimum atomic E-state index is 0.144. The molecule has 0 aromatic carbocycles. The Balaban J connectivity index is 2.32. The maximum absolute atomic E-state index is 4.12. The fourth-order valence-corrected chi connectivity index (χ4v) is 1.69. The van der Waals surface area contributed by atoms with Crippen LogP contribution >= 0.6 is 0 Å². The van der Waals surface area contributed by atoms with E-state index in [-0.39, 0.29) is 5.54 Å². The lowest BCUT2D eigenvalue weighted by atomic mass is 10.1. The first-order valence-electron chi connectivity index (χ1n) is 6.36. The summed E-state index contributed by atoms with van der Waals surface area (Å²) >= 11 is 0. The van der Waals surface area contributed by atoms with Crippen LogP contribution < -0.4 is 5.32 Å². The van der Waals surface area contributed by atoms with Crippen molar-refractivity contribution < 1.29 is 0 Å². The van der Waals surface area contributed by atoms with Crippen LogP contribution in [0.25, 0.3) is 0 Å². The Morgan fingerprint density at radius 1 is 1.44 bits per heavy atom. The highest BCUT2D eigenvalue weighted by Crippen LogP contribution is 2.04. The number of likely N-dealkylation sites (N-methyl/N-ethyl adjacent to an activating group) is 1. The lowest BCUT2D eigenvalue weighted by molar-refractivity contribution is 0.346. The van der Waals surface area contributed by atoms with Crippen LogP contribution in [0.3, 0.4) is 0 Å². The molecule has 0 fully saturated rings. The minimum absolute atomic E-state index is 0.144. The molecule has 0 unspecified atom stereocenters. The van der Waals surface area contributed by atoms with Crippen LogP contribution in [0.15, 0.2) is 36.7 Å². The van der Waals surface area contributed by atoms with E-state index < -0.39 is 0 Å². The number of pyridine rings is 1. The Bertz CT molecular complexity index is 365. The third kappa shape index (κ3) is 6.52. The second-order valence-electron chi connectivity index (χ2n) is 5.89. The molecule has 0 radical (unpaired) electrons. The van der Waals surface area contributed by atoms with Gasteiger partial charge in [0.2, 0.25) is 0 Å². The summed E-state index contributed by atoms with van der Waals surface area (Å²) in [6.07, 6.45) is 3.71. The average molecular weight is 247 g/mol. The summed E-state index contributed by atoms with van der Waals surface area (Å²) in [4.78, 5) is 6.38. The van der Waals surface area contributed by atoms with E-state index in [0.29, 0.717) is 0 Å². The van der Waals surface area contributed by atoms with Gasteiger partial charge < -0.3 is 5.32 Å². The summed E-state index contributed by atoms with van der Waals surface area (Å²) in [5, 5.41) is 3.45. The van der Waals surface area contributed by atoms with Crippen LogP contribution in [0.5, 0.6) is 0 Å². The van der Waals surface area contributed by atoms with Gasteiger partial charge in [0.1, 0.15) is 0 Å². The Morgan fingerprint density at radius 2 is 2.17 bits per heavy atom. The zero-order chi connectivity index (χ0) is 13.6. The van der Waals surface area contributed by atoms with E-state index in [1.165, 1.54) is 11.1 Å². The SMILES string of the molecule is C=C(CNC(C)(C)C)CN(C)Cc1cccnc1. The van der Waals surface area contributed by atoms with Crippen molar-refractivity contribution in [2.24, 2.45) is 0 Å². The first kappa shape index (κ1) is 14.9. The number of hydrogen-bond donors (Lipinski definition) is 1. The number of hydrogen-bond acceptors (Lipinski definition) is 3. The van der Waals surface area contributed by atoms with Crippen LogP contribution in [0, 0.1) is 0 Å². The molecule has 3 nitrogen and oxygen atoms in total. The molecule has 1 aromatic rings. The molecule has 18 heavy (non-hydrogen) atoms. The lowest BCUT2D eigenvalue weighted by Gasteiger charge is -2.23. The quantitative estimate of drug-likeness (QED) is 0.783. The molecule has 1 N–H and O–H groups in total. The van der Waals surface area contributed by atoms with Gasteiger partial charge in [-0.3, -0.25) is 9.88 Å². The standard InChI is InChI=1S/C15H25N3/c1-13(9-17-15(2,3)4)11-18(5)12-14-7-6-8-16-10-14/h6-8,10,17H,1,9,11-12H2,2-5H3. The molecule has 0 bridgehead atoms. The van der Waals surface area contributed by atoms with Gasteiger partial charge in [-0.25, -0.2) is 0 Å². The van der Waals surface area contributed by atoms with Gasteiger partial charge in [-0.15, -0.1) is 0 Å². The molecule has 100 valence electrons. The van der Waals surface area contributed by atoms with Crippen molar-refractivity contribution in [3.05, 3.63) is 42.2 Å². The van der Waals surface area contributed by atoms with E-state index >= 15 is 0 Å². The molecule has 0 saturated heterocycles. The van der Waals surface area contributed by atoms with Crippen LogP contribution in [0.2, 0.25) is 0 Å². The molecule has 1 heterocycles. The number of nitrogens with zero attached hydrogens (tertiary/aromatic N) is 2. The second-order valence-corrected chi connectivity index (χ2v) is 5.89. The molecule has 0 aliphatic heterocycles. The van der Waals surface area contributed by atoms with Gasteiger partial charge in [-0.1, -0.05) is 12.6 Å². The zero-order valence-electron chi connectivity index (χ0n) is 12.0. The van der Waals surface area contributed by atoms with E-state index in [0.717, 1.165) is 19.6 Å². The molecule has 0 atom stereocenters. The first-order valence-corrected chi connectivity index (χ1v) is 6.36. The molecule has 0 saturated carbocycles. The van der Waals surface area contributed by atoms with Gasteiger partial charge >= 0.3 is 0 Å². The van der Waals surface area contributed by atoms with Crippen molar-refractivity contribution in [3.63, 3.8) is 0 Å². The Hall–Kier alpha value is -1.19. The maximum Gasteiger partial charge on any atom is 0.0312 e. The topological polar surface area (TPSA) is 28.2 Å². The third-order valence-corrected chi connectivity index (χ3v) is 2.54. The fourth-order valence-electron chi connectivity index (χ4n) is 1.69. The van der Waals surface area contributed by atoms with E-state index in [1.54, 1.807) is 6.20 Å². The van der Waals surface area contributed by atoms with Crippen molar-refractivity contribution >= 4 is 0 Å².